The second kappa shape index (κ2) is 6.56. The third kappa shape index (κ3) is 3.51. The van der Waals surface area contributed by atoms with Crippen molar-refractivity contribution in [1.82, 2.24) is 4.98 Å². The molecule has 1 aliphatic carbocycles. The van der Waals surface area contributed by atoms with Gasteiger partial charge in [0.2, 0.25) is 0 Å². The number of nitrogens with one attached hydrogen (secondary N) is 1. The molecule has 1 heterocycles. The number of carbonyl (C=O) groups is 2. The Morgan fingerprint density at radius 1 is 1.48 bits per heavy atom. The molecule has 1 atom stereocenters. The predicted octanol–water partition coefficient (Wildman–Crippen LogP) is 1.58. The number of aromatic nitrogens is 1. The van der Waals surface area contributed by atoms with Crippen LogP contribution in [-0.2, 0) is 17.6 Å². The van der Waals surface area contributed by atoms with Crippen LogP contribution in [0.1, 0.15) is 47.8 Å². The van der Waals surface area contributed by atoms with Crippen molar-refractivity contribution in [2.24, 2.45) is 11.7 Å². The topological polar surface area (TPSA) is 105 Å². The zero-order chi connectivity index (χ0) is 15.4. The van der Waals surface area contributed by atoms with E-state index >= 15 is 0 Å². The molecular weight excluding hydrogens is 270 g/mol. The molecule has 21 heavy (non-hydrogen) atoms. The summed E-state index contributed by atoms with van der Waals surface area (Å²) in [7, 11) is 0. The Hall–Kier alpha value is -2.11. The van der Waals surface area contributed by atoms with Crippen LogP contribution in [-0.4, -0.2) is 28.5 Å². The van der Waals surface area contributed by atoms with Gasteiger partial charge in [0.15, 0.2) is 0 Å². The molecule has 2 rings (SSSR count). The van der Waals surface area contributed by atoms with Crippen LogP contribution in [0.25, 0.3) is 0 Å². The van der Waals surface area contributed by atoms with Gasteiger partial charge in [-0.1, -0.05) is 13.3 Å². The average molecular weight is 291 g/mol. The Kier molecular flexibility index (Phi) is 4.77. The Morgan fingerprint density at radius 2 is 2.24 bits per heavy atom. The second-order valence-corrected chi connectivity index (χ2v) is 5.41. The highest BCUT2D eigenvalue weighted by molar-refractivity contribution is 5.97. The normalized spacial score (nSPS) is 14.5. The highest BCUT2D eigenvalue weighted by atomic mass is 16.4. The van der Waals surface area contributed by atoms with Crippen molar-refractivity contribution < 1.29 is 14.7 Å². The van der Waals surface area contributed by atoms with E-state index in [4.69, 9.17) is 10.8 Å². The zero-order valence-corrected chi connectivity index (χ0v) is 12.2. The number of amides is 1. The summed E-state index contributed by atoms with van der Waals surface area (Å²) in [5.41, 5.74) is 7.79. The minimum Gasteiger partial charge on any atom is -0.481 e. The number of carboxylic acid groups (broad SMARTS) is 1. The van der Waals surface area contributed by atoms with Gasteiger partial charge < -0.3 is 16.2 Å². The quantitative estimate of drug-likeness (QED) is 0.707. The molecule has 1 unspecified atom stereocenters. The van der Waals surface area contributed by atoms with E-state index in [-0.39, 0.29) is 6.54 Å². The molecule has 0 aliphatic heterocycles. The van der Waals surface area contributed by atoms with Gasteiger partial charge in [0.1, 0.15) is 5.82 Å². The van der Waals surface area contributed by atoms with Crippen LogP contribution < -0.4 is 11.1 Å². The number of carbonyl (C=O) groups excluding carboxylic acids is 1. The minimum atomic E-state index is -0.842. The molecule has 0 saturated carbocycles. The molecule has 0 saturated heterocycles. The molecule has 1 aliphatic rings. The summed E-state index contributed by atoms with van der Waals surface area (Å²) in [5, 5.41) is 12.2. The summed E-state index contributed by atoms with van der Waals surface area (Å²) in [6.45, 7) is 2.19. The number of hydrogen-bond donors (Lipinski definition) is 3. The molecule has 0 fully saturated rings. The third-order valence-corrected chi connectivity index (χ3v) is 3.82. The monoisotopic (exact) mass is 291 g/mol. The lowest BCUT2D eigenvalue weighted by molar-refractivity contribution is -0.141. The first kappa shape index (κ1) is 15.3. The van der Waals surface area contributed by atoms with E-state index in [1.165, 1.54) is 0 Å². The largest absolute Gasteiger partial charge is 0.481 e. The van der Waals surface area contributed by atoms with Gasteiger partial charge >= 0.3 is 5.97 Å². The number of pyridine rings is 1. The predicted molar refractivity (Wildman–Crippen MR) is 79.3 cm³/mol. The first-order valence-corrected chi connectivity index (χ1v) is 7.32. The van der Waals surface area contributed by atoms with Gasteiger partial charge in [0, 0.05) is 12.2 Å². The van der Waals surface area contributed by atoms with E-state index in [9.17, 15) is 9.59 Å². The fourth-order valence-corrected chi connectivity index (χ4v) is 2.68. The molecule has 6 nitrogen and oxygen atoms in total. The summed E-state index contributed by atoms with van der Waals surface area (Å²) in [6.07, 6.45) is 4.20. The van der Waals surface area contributed by atoms with Crippen molar-refractivity contribution in [1.29, 1.82) is 0 Å². The summed E-state index contributed by atoms with van der Waals surface area (Å²) in [6, 6.07) is 1.79. The van der Waals surface area contributed by atoms with Gasteiger partial charge in [-0.05, 0) is 37.3 Å². The fraction of sp³-hybridized carbons (Fsp3) is 0.533. The van der Waals surface area contributed by atoms with E-state index in [1.54, 1.807) is 6.07 Å². The number of carboxylic acids is 1. The van der Waals surface area contributed by atoms with E-state index in [1.807, 2.05) is 6.92 Å². The average Bonchev–Trinajstić information content (AvgIpc) is 2.89. The van der Waals surface area contributed by atoms with Crippen molar-refractivity contribution in [3.8, 4) is 0 Å². The standard InChI is InChI=1S/C15H21N3O3/c1-2-4-10(15(20)21)8-17-14-11(13(16)19)7-9-5-3-6-12(9)18-14/h7,10H,2-6,8H2,1H3,(H2,16,19)(H,17,18)(H,20,21). The molecule has 0 spiro atoms. The molecule has 1 aromatic heterocycles. The van der Waals surface area contributed by atoms with Crippen LogP contribution in [0.2, 0.25) is 0 Å². The fourth-order valence-electron chi connectivity index (χ4n) is 2.68. The number of aliphatic carboxylic acids is 1. The lowest BCUT2D eigenvalue weighted by Gasteiger charge is -2.15. The maximum atomic E-state index is 11.6. The SMILES string of the molecule is CCCC(CNc1nc2c(cc1C(N)=O)CCC2)C(=O)O. The Balaban J connectivity index is 2.18. The molecule has 1 amide bonds. The van der Waals surface area contributed by atoms with Gasteiger partial charge in [0.05, 0.1) is 11.5 Å². The van der Waals surface area contributed by atoms with Crippen LogP contribution in [0, 0.1) is 5.92 Å². The van der Waals surface area contributed by atoms with Gasteiger partial charge in [-0.3, -0.25) is 9.59 Å². The van der Waals surface area contributed by atoms with Crippen LogP contribution >= 0.6 is 0 Å². The number of hydrogen-bond acceptors (Lipinski definition) is 4. The van der Waals surface area contributed by atoms with E-state index in [0.29, 0.717) is 17.8 Å². The van der Waals surface area contributed by atoms with Crippen molar-refractivity contribution in [3.05, 3.63) is 22.9 Å². The first-order valence-electron chi connectivity index (χ1n) is 7.32. The number of nitrogens with zero attached hydrogens (tertiary/aromatic N) is 1. The van der Waals surface area contributed by atoms with Crippen LogP contribution in [0.4, 0.5) is 5.82 Å². The van der Waals surface area contributed by atoms with Crippen molar-refractivity contribution in [3.63, 3.8) is 0 Å². The van der Waals surface area contributed by atoms with Gasteiger partial charge in [-0.15, -0.1) is 0 Å². The molecule has 114 valence electrons. The summed E-state index contributed by atoms with van der Waals surface area (Å²) < 4.78 is 0. The van der Waals surface area contributed by atoms with Crippen LogP contribution in [0.3, 0.4) is 0 Å². The Bertz CT molecular complexity index is 557. The number of nitrogens with two attached hydrogens (primary N) is 1. The molecule has 1 aromatic rings. The maximum Gasteiger partial charge on any atom is 0.308 e. The second-order valence-electron chi connectivity index (χ2n) is 5.41. The number of fused-ring (bicyclic) bond motifs is 1. The number of primary amides is 1. The first-order chi connectivity index (χ1) is 10.0. The number of rotatable bonds is 7. The number of aryl methyl sites for hydroxylation is 2. The van der Waals surface area contributed by atoms with Crippen molar-refractivity contribution in [2.45, 2.75) is 39.0 Å². The Labute approximate surface area is 123 Å². The smallest absolute Gasteiger partial charge is 0.308 e. The molecule has 0 bridgehead atoms. The third-order valence-electron chi connectivity index (χ3n) is 3.82. The van der Waals surface area contributed by atoms with Crippen molar-refractivity contribution in [2.75, 3.05) is 11.9 Å². The highest BCUT2D eigenvalue weighted by Crippen LogP contribution is 2.25. The van der Waals surface area contributed by atoms with E-state index in [0.717, 1.165) is 36.9 Å². The molecular formula is C15H21N3O3. The molecule has 0 aromatic carbocycles. The van der Waals surface area contributed by atoms with Crippen LogP contribution in [0.5, 0.6) is 0 Å². The summed E-state index contributed by atoms with van der Waals surface area (Å²) >= 11 is 0. The van der Waals surface area contributed by atoms with Gasteiger partial charge in [0.25, 0.3) is 5.91 Å². The molecule has 4 N–H and O–H groups in total. The van der Waals surface area contributed by atoms with E-state index < -0.39 is 17.8 Å². The molecule has 6 heteroatoms. The minimum absolute atomic E-state index is 0.245. The molecule has 0 radical (unpaired) electrons. The summed E-state index contributed by atoms with van der Waals surface area (Å²) in [5.74, 6) is -1.47. The van der Waals surface area contributed by atoms with Gasteiger partial charge in [-0.2, -0.15) is 0 Å². The van der Waals surface area contributed by atoms with Crippen LogP contribution in [0.15, 0.2) is 6.07 Å². The summed E-state index contributed by atoms with van der Waals surface area (Å²) in [4.78, 5) is 27.2. The maximum absolute atomic E-state index is 11.6. The van der Waals surface area contributed by atoms with E-state index in [2.05, 4.69) is 10.3 Å². The lowest BCUT2D eigenvalue weighted by atomic mass is 10.0. The lowest BCUT2D eigenvalue weighted by Crippen LogP contribution is -2.25. The Morgan fingerprint density at radius 3 is 2.86 bits per heavy atom. The zero-order valence-electron chi connectivity index (χ0n) is 12.2. The highest BCUT2D eigenvalue weighted by Gasteiger charge is 2.21. The van der Waals surface area contributed by atoms with Crippen molar-refractivity contribution >= 4 is 17.7 Å². The number of anilines is 1. The van der Waals surface area contributed by atoms with Gasteiger partial charge in [-0.25, -0.2) is 4.98 Å².